The molecule has 0 spiro atoms. The average molecular weight is 510 g/mol. The predicted octanol–water partition coefficient (Wildman–Crippen LogP) is 5.90. The van der Waals surface area contributed by atoms with Crippen LogP contribution in [0.4, 0.5) is 4.39 Å². The van der Waals surface area contributed by atoms with Crippen LogP contribution in [0.15, 0.2) is 103 Å². The molecule has 1 N–H and O–H groups in total. The molecule has 0 bridgehead atoms. The molecule has 0 aliphatic heterocycles. The van der Waals surface area contributed by atoms with Crippen LogP contribution in [0.3, 0.4) is 0 Å². The van der Waals surface area contributed by atoms with Crippen LogP contribution in [-0.2, 0) is 17.9 Å². The third-order valence-electron chi connectivity index (χ3n) is 6.43. The number of hydrogen-bond acceptors (Lipinski definition) is 4. The number of carbonyl (C=O) groups is 1. The number of fused-ring (bicyclic) bond motifs is 1. The fourth-order valence-electron chi connectivity index (χ4n) is 4.50. The Morgan fingerprint density at radius 3 is 2.45 bits per heavy atom. The topological polar surface area (TPSA) is 64.9 Å². The van der Waals surface area contributed by atoms with Gasteiger partial charge in [-0.15, -0.1) is 0 Å². The lowest BCUT2D eigenvalue weighted by molar-refractivity contribution is -0.121. The smallest absolute Gasteiger partial charge is 0.221 e. The number of nitrogens with zero attached hydrogens (tertiary/aromatic N) is 2. The number of carbonyl (C=O) groups excluding carboxylic acids is 1. The van der Waals surface area contributed by atoms with E-state index in [0.717, 1.165) is 22.4 Å². The number of halogens is 1. The zero-order chi connectivity index (χ0) is 26.3. The normalized spacial score (nSPS) is 11.7. The highest BCUT2D eigenvalue weighted by atomic mass is 19.1. The Balaban J connectivity index is 1.43. The lowest BCUT2D eigenvalue weighted by atomic mass is 9.91. The quantitative estimate of drug-likeness (QED) is 0.255. The van der Waals surface area contributed by atoms with Crippen LogP contribution in [0.5, 0.6) is 11.5 Å². The minimum atomic E-state index is -0.334. The maximum Gasteiger partial charge on any atom is 0.221 e. The highest BCUT2D eigenvalue weighted by Gasteiger charge is 2.25. The summed E-state index contributed by atoms with van der Waals surface area (Å²) in [5.41, 5.74) is 4.27. The Hall–Kier alpha value is -4.65. The molecule has 2 heterocycles. The van der Waals surface area contributed by atoms with Crippen molar-refractivity contribution < 1.29 is 18.7 Å². The number of pyridine rings is 1. The van der Waals surface area contributed by atoms with Gasteiger partial charge in [-0.25, -0.2) is 9.37 Å². The number of amides is 1. The first-order valence-corrected chi connectivity index (χ1v) is 12.4. The van der Waals surface area contributed by atoms with Crippen molar-refractivity contribution in [1.82, 2.24) is 14.7 Å². The Labute approximate surface area is 220 Å². The van der Waals surface area contributed by atoms with Crippen LogP contribution in [0.2, 0.25) is 0 Å². The number of imidazole rings is 1. The molecule has 5 rings (SSSR count). The summed E-state index contributed by atoms with van der Waals surface area (Å²) in [5.74, 6) is 0.559. The van der Waals surface area contributed by atoms with E-state index in [4.69, 9.17) is 9.47 Å². The molecule has 0 saturated heterocycles. The molecule has 0 radical (unpaired) electrons. The van der Waals surface area contributed by atoms with Gasteiger partial charge < -0.3 is 19.2 Å². The number of methoxy groups -OCH3 is 1. The van der Waals surface area contributed by atoms with Gasteiger partial charge in [0.05, 0.1) is 12.8 Å². The van der Waals surface area contributed by atoms with Crippen LogP contribution in [0.1, 0.15) is 34.7 Å². The van der Waals surface area contributed by atoms with Crippen molar-refractivity contribution in [2.24, 2.45) is 0 Å². The molecule has 0 saturated carbocycles. The minimum absolute atomic E-state index is 0.142. The summed E-state index contributed by atoms with van der Waals surface area (Å²) in [5, 5.41) is 2.96. The number of aromatic nitrogens is 2. The van der Waals surface area contributed by atoms with Crippen molar-refractivity contribution in [3.05, 3.63) is 132 Å². The zero-order valence-corrected chi connectivity index (χ0v) is 21.0. The molecule has 6 nitrogen and oxygen atoms in total. The molecule has 1 amide bonds. The SMILES string of the molecule is COc1ccccc1C(CC(=O)NCc1ccc(F)cc1)c1cnc2c(OCc3ccccc3)cccn12. The largest absolute Gasteiger partial charge is 0.496 e. The molecule has 1 atom stereocenters. The third kappa shape index (κ3) is 5.67. The zero-order valence-electron chi connectivity index (χ0n) is 21.0. The number of benzene rings is 3. The first-order valence-electron chi connectivity index (χ1n) is 12.4. The first-order chi connectivity index (χ1) is 18.6. The van der Waals surface area contributed by atoms with Crippen LogP contribution in [0, 0.1) is 5.82 Å². The average Bonchev–Trinajstić information content (AvgIpc) is 3.39. The summed E-state index contributed by atoms with van der Waals surface area (Å²) in [6.45, 7) is 0.729. The molecule has 7 heteroatoms. The molecule has 0 aliphatic carbocycles. The second kappa shape index (κ2) is 11.6. The van der Waals surface area contributed by atoms with Gasteiger partial charge in [0.1, 0.15) is 18.2 Å². The van der Waals surface area contributed by atoms with Gasteiger partial charge in [-0.05, 0) is 41.5 Å². The molecule has 3 aromatic carbocycles. The van der Waals surface area contributed by atoms with Gasteiger partial charge in [-0.1, -0.05) is 60.7 Å². The fourth-order valence-corrected chi connectivity index (χ4v) is 4.50. The number of rotatable bonds is 10. The van der Waals surface area contributed by atoms with E-state index in [2.05, 4.69) is 10.3 Å². The molecular weight excluding hydrogens is 481 g/mol. The Morgan fingerprint density at radius 2 is 1.66 bits per heavy atom. The number of nitrogens with one attached hydrogen (secondary N) is 1. The van der Waals surface area contributed by atoms with Gasteiger partial charge in [-0.3, -0.25) is 4.79 Å². The van der Waals surface area contributed by atoms with Gasteiger partial charge in [0, 0.05) is 36.8 Å². The third-order valence-corrected chi connectivity index (χ3v) is 6.43. The summed E-state index contributed by atoms with van der Waals surface area (Å²) < 4.78 is 27.0. The second-order valence-corrected chi connectivity index (χ2v) is 8.93. The molecule has 1 unspecified atom stereocenters. The van der Waals surface area contributed by atoms with Crippen molar-refractivity contribution in [2.75, 3.05) is 7.11 Å². The first kappa shape index (κ1) is 25.0. The monoisotopic (exact) mass is 509 g/mol. The fraction of sp³-hybridized carbons (Fsp3) is 0.161. The standard InChI is InChI=1S/C31H28FN3O3/c1-37-28-11-6-5-10-25(28)26(18-30(36)33-19-22-13-15-24(32)16-14-22)27-20-34-31-29(12-7-17-35(27)31)38-21-23-8-3-2-4-9-23/h2-17,20,26H,18-19,21H2,1H3,(H,33,36). The van der Waals surface area contributed by atoms with E-state index in [0.29, 0.717) is 30.3 Å². The van der Waals surface area contributed by atoms with Crippen LogP contribution in [0.25, 0.3) is 5.65 Å². The minimum Gasteiger partial charge on any atom is -0.496 e. The van der Waals surface area contributed by atoms with E-state index in [1.807, 2.05) is 77.3 Å². The lowest BCUT2D eigenvalue weighted by Gasteiger charge is -2.20. The lowest BCUT2D eigenvalue weighted by Crippen LogP contribution is -2.25. The van der Waals surface area contributed by atoms with Crippen molar-refractivity contribution in [2.45, 2.75) is 25.5 Å². The van der Waals surface area contributed by atoms with Crippen LogP contribution < -0.4 is 14.8 Å². The van der Waals surface area contributed by atoms with Crippen LogP contribution >= 0.6 is 0 Å². The maximum absolute atomic E-state index is 13.2. The summed E-state index contributed by atoms with van der Waals surface area (Å²) in [6.07, 6.45) is 3.88. The van der Waals surface area contributed by atoms with Crippen molar-refractivity contribution in [3.8, 4) is 11.5 Å². The van der Waals surface area contributed by atoms with E-state index in [1.54, 1.807) is 25.4 Å². The van der Waals surface area contributed by atoms with E-state index in [9.17, 15) is 9.18 Å². The summed E-state index contributed by atoms with van der Waals surface area (Å²) >= 11 is 0. The number of hydrogen-bond donors (Lipinski definition) is 1. The van der Waals surface area contributed by atoms with E-state index < -0.39 is 0 Å². The number of para-hydroxylation sites is 1. The molecule has 192 valence electrons. The van der Waals surface area contributed by atoms with Gasteiger partial charge >= 0.3 is 0 Å². The summed E-state index contributed by atoms with van der Waals surface area (Å²) in [7, 11) is 1.62. The van der Waals surface area contributed by atoms with Crippen LogP contribution in [-0.4, -0.2) is 22.4 Å². The van der Waals surface area contributed by atoms with Crippen molar-refractivity contribution >= 4 is 11.6 Å². The van der Waals surface area contributed by atoms with Gasteiger partial charge in [0.25, 0.3) is 0 Å². The van der Waals surface area contributed by atoms with E-state index in [-0.39, 0.29) is 24.1 Å². The Morgan fingerprint density at radius 1 is 0.921 bits per heavy atom. The van der Waals surface area contributed by atoms with Gasteiger partial charge in [0.2, 0.25) is 5.91 Å². The molecule has 0 aliphatic rings. The molecule has 5 aromatic rings. The van der Waals surface area contributed by atoms with Crippen molar-refractivity contribution in [3.63, 3.8) is 0 Å². The van der Waals surface area contributed by atoms with Crippen molar-refractivity contribution in [1.29, 1.82) is 0 Å². The summed E-state index contributed by atoms with van der Waals surface area (Å²) in [6, 6.07) is 27.5. The van der Waals surface area contributed by atoms with Gasteiger partial charge in [-0.2, -0.15) is 0 Å². The Kier molecular flexibility index (Phi) is 7.64. The highest BCUT2D eigenvalue weighted by Crippen LogP contribution is 2.36. The highest BCUT2D eigenvalue weighted by molar-refractivity contribution is 5.78. The van der Waals surface area contributed by atoms with E-state index in [1.165, 1.54) is 12.1 Å². The molecule has 2 aromatic heterocycles. The summed E-state index contributed by atoms with van der Waals surface area (Å²) in [4.78, 5) is 17.8. The van der Waals surface area contributed by atoms with Gasteiger partial charge in [0.15, 0.2) is 11.4 Å². The molecule has 38 heavy (non-hydrogen) atoms. The molecular formula is C31H28FN3O3. The predicted molar refractivity (Wildman–Crippen MR) is 144 cm³/mol. The molecule has 0 fully saturated rings. The number of ether oxygens (including phenoxy) is 2. The Bertz CT molecular complexity index is 1520. The maximum atomic E-state index is 13.2. The second-order valence-electron chi connectivity index (χ2n) is 8.93. The van der Waals surface area contributed by atoms with E-state index >= 15 is 0 Å².